The molecule has 1 aliphatic carbocycles. The Morgan fingerprint density at radius 3 is 2.19 bits per heavy atom. The Balaban J connectivity index is 2.90. The first-order valence-corrected chi connectivity index (χ1v) is 8.30. The highest BCUT2D eigenvalue weighted by molar-refractivity contribution is 6.06. The lowest BCUT2D eigenvalue weighted by Crippen LogP contribution is -2.52. The molecule has 1 amide bonds. The van der Waals surface area contributed by atoms with Crippen LogP contribution >= 0.6 is 0 Å². The minimum Gasteiger partial charge on any atom is -0.409 e. The second-order valence-electron chi connectivity index (χ2n) is 6.32. The van der Waals surface area contributed by atoms with Gasteiger partial charge in [0.2, 0.25) is 5.91 Å². The van der Waals surface area contributed by atoms with Crippen molar-refractivity contribution in [2.75, 3.05) is 0 Å². The van der Waals surface area contributed by atoms with Crippen LogP contribution in [0.4, 0.5) is 0 Å². The number of rotatable bonds is 6. The third-order valence-corrected chi connectivity index (χ3v) is 5.10. The summed E-state index contributed by atoms with van der Waals surface area (Å²) in [5.41, 5.74) is 5.08. The number of carbonyl (C=O) groups is 1. The molecule has 1 unspecified atom stereocenters. The van der Waals surface area contributed by atoms with Crippen LogP contribution in [-0.4, -0.2) is 23.0 Å². The number of nitrogens with two attached hydrogens (primary N) is 1. The van der Waals surface area contributed by atoms with E-state index in [9.17, 15) is 4.79 Å². The fourth-order valence-electron chi connectivity index (χ4n) is 3.49. The molecule has 4 N–H and O–H groups in total. The monoisotopic (exact) mass is 297 g/mol. The predicted octanol–water partition coefficient (Wildman–Crippen LogP) is 3.01. The van der Waals surface area contributed by atoms with Gasteiger partial charge in [0.25, 0.3) is 0 Å². The summed E-state index contributed by atoms with van der Waals surface area (Å²) in [7, 11) is 0. The van der Waals surface area contributed by atoms with Crippen molar-refractivity contribution in [3.8, 4) is 0 Å². The van der Waals surface area contributed by atoms with Crippen molar-refractivity contribution in [2.24, 2.45) is 22.2 Å². The molecule has 21 heavy (non-hydrogen) atoms. The Morgan fingerprint density at radius 1 is 1.24 bits per heavy atom. The van der Waals surface area contributed by atoms with Crippen LogP contribution in [0.15, 0.2) is 5.16 Å². The van der Waals surface area contributed by atoms with E-state index in [1.807, 2.05) is 6.92 Å². The summed E-state index contributed by atoms with van der Waals surface area (Å²) in [5, 5.41) is 15.4. The highest BCUT2D eigenvalue weighted by atomic mass is 16.4. The minimum absolute atomic E-state index is 0.0682. The molecular formula is C16H31N3O2. The van der Waals surface area contributed by atoms with E-state index in [-0.39, 0.29) is 17.8 Å². The largest absolute Gasteiger partial charge is 0.409 e. The van der Waals surface area contributed by atoms with Gasteiger partial charge in [0.05, 0.1) is 0 Å². The molecule has 0 aromatic heterocycles. The lowest BCUT2D eigenvalue weighted by Gasteiger charge is -2.33. The summed E-state index contributed by atoms with van der Waals surface area (Å²) < 4.78 is 0. The van der Waals surface area contributed by atoms with Crippen molar-refractivity contribution in [3.05, 3.63) is 0 Å². The predicted molar refractivity (Wildman–Crippen MR) is 85.2 cm³/mol. The number of nitrogens with zero attached hydrogens (tertiary/aromatic N) is 1. The molecule has 1 aliphatic rings. The summed E-state index contributed by atoms with van der Waals surface area (Å²) in [6, 6.07) is 0.110. The Labute approximate surface area is 128 Å². The van der Waals surface area contributed by atoms with Crippen LogP contribution in [0.25, 0.3) is 0 Å². The van der Waals surface area contributed by atoms with Gasteiger partial charge >= 0.3 is 0 Å². The molecule has 1 fully saturated rings. The zero-order valence-corrected chi connectivity index (χ0v) is 13.7. The number of hydrogen-bond acceptors (Lipinski definition) is 3. The van der Waals surface area contributed by atoms with Crippen LogP contribution in [0, 0.1) is 11.3 Å². The molecule has 5 nitrogen and oxygen atoms in total. The van der Waals surface area contributed by atoms with Crippen LogP contribution in [0.1, 0.15) is 72.1 Å². The van der Waals surface area contributed by atoms with E-state index in [4.69, 9.17) is 10.9 Å². The number of nitrogens with one attached hydrogen (secondary N) is 1. The molecule has 5 heteroatoms. The van der Waals surface area contributed by atoms with Crippen molar-refractivity contribution in [1.29, 1.82) is 0 Å². The van der Waals surface area contributed by atoms with Gasteiger partial charge in [-0.1, -0.05) is 57.5 Å². The summed E-state index contributed by atoms with van der Waals surface area (Å²) >= 11 is 0. The van der Waals surface area contributed by atoms with Crippen molar-refractivity contribution >= 4 is 11.7 Å². The molecule has 1 atom stereocenters. The summed E-state index contributed by atoms with van der Waals surface area (Å²) in [6.07, 6.45) is 7.52. The maximum absolute atomic E-state index is 12.8. The van der Waals surface area contributed by atoms with Gasteiger partial charge in [-0.2, -0.15) is 0 Å². The molecule has 0 aliphatic heterocycles. The van der Waals surface area contributed by atoms with Crippen LogP contribution in [0.5, 0.6) is 0 Å². The lowest BCUT2D eigenvalue weighted by atomic mass is 9.77. The number of oxime groups is 1. The molecule has 1 rings (SSSR count). The van der Waals surface area contributed by atoms with E-state index < -0.39 is 5.41 Å². The molecule has 0 heterocycles. The number of amidine groups is 1. The van der Waals surface area contributed by atoms with E-state index in [0.29, 0.717) is 18.8 Å². The minimum atomic E-state index is -0.828. The maximum atomic E-state index is 12.8. The Hall–Kier alpha value is -1.26. The van der Waals surface area contributed by atoms with Crippen LogP contribution in [0.3, 0.4) is 0 Å². The molecule has 122 valence electrons. The molecule has 0 radical (unpaired) electrons. The quantitative estimate of drug-likeness (QED) is 0.231. The van der Waals surface area contributed by atoms with Crippen LogP contribution < -0.4 is 11.1 Å². The van der Waals surface area contributed by atoms with Gasteiger partial charge in [0.15, 0.2) is 5.84 Å². The van der Waals surface area contributed by atoms with Gasteiger partial charge in [0.1, 0.15) is 5.41 Å². The smallest absolute Gasteiger partial charge is 0.234 e. The summed E-state index contributed by atoms with van der Waals surface area (Å²) in [5.74, 6) is 0.460. The van der Waals surface area contributed by atoms with Crippen molar-refractivity contribution in [3.63, 3.8) is 0 Å². The molecule has 0 spiro atoms. The van der Waals surface area contributed by atoms with Gasteiger partial charge in [-0.15, -0.1) is 0 Å². The fourth-order valence-corrected chi connectivity index (χ4v) is 3.49. The molecular weight excluding hydrogens is 266 g/mol. The normalized spacial score (nSPS) is 20.9. The zero-order valence-electron chi connectivity index (χ0n) is 13.7. The van der Waals surface area contributed by atoms with E-state index in [0.717, 1.165) is 38.5 Å². The van der Waals surface area contributed by atoms with Crippen molar-refractivity contribution in [2.45, 2.75) is 78.2 Å². The Morgan fingerprint density at radius 2 is 1.76 bits per heavy atom. The molecule has 0 bridgehead atoms. The van der Waals surface area contributed by atoms with Gasteiger partial charge in [-0.05, 0) is 25.7 Å². The van der Waals surface area contributed by atoms with E-state index in [1.165, 1.54) is 0 Å². The Kier molecular flexibility index (Phi) is 6.99. The first kappa shape index (κ1) is 17.8. The second kappa shape index (κ2) is 8.25. The fraction of sp³-hybridized carbons (Fsp3) is 0.875. The average molecular weight is 297 g/mol. The first-order valence-electron chi connectivity index (χ1n) is 8.30. The summed E-state index contributed by atoms with van der Waals surface area (Å²) in [6.45, 7) is 6.33. The topological polar surface area (TPSA) is 87.7 Å². The van der Waals surface area contributed by atoms with E-state index in [1.54, 1.807) is 0 Å². The average Bonchev–Trinajstić information content (AvgIpc) is 2.74. The molecule has 0 aromatic carbocycles. The highest BCUT2D eigenvalue weighted by Crippen LogP contribution is 2.36. The molecule has 0 aromatic rings. The van der Waals surface area contributed by atoms with E-state index >= 15 is 0 Å². The number of amides is 1. The third-order valence-electron chi connectivity index (χ3n) is 5.10. The van der Waals surface area contributed by atoms with Gasteiger partial charge in [-0.25, -0.2) is 0 Å². The first-order chi connectivity index (χ1) is 10.0. The van der Waals surface area contributed by atoms with Crippen molar-refractivity contribution in [1.82, 2.24) is 5.32 Å². The Bertz CT molecular complexity index is 357. The summed E-state index contributed by atoms with van der Waals surface area (Å²) in [4.78, 5) is 12.8. The van der Waals surface area contributed by atoms with Crippen LogP contribution in [0.2, 0.25) is 0 Å². The number of hydrogen-bond donors (Lipinski definition) is 3. The second-order valence-corrected chi connectivity index (χ2v) is 6.32. The standard InChI is InChI=1S/C16H31N3O2/c1-4-13(5-2)12(3)18-15(20)16(14(17)19-21)10-8-6-7-9-11-16/h12-13,21H,4-11H2,1-3H3,(H2,17,19)(H,18,20). The number of carbonyl (C=O) groups excluding carboxylic acids is 1. The maximum Gasteiger partial charge on any atom is 0.234 e. The van der Waals surface area contributed by atoms with Gasteiger partial charge in [-0.3, -0.25) is 4.79 Å². The zero-order chi connectivity index (χ0) is 15.9. The SMILES string of the molecule is CCC(CC)C(C)NC(=O)C1(C(N)=NO)CCCCCC1. The van der Waals surface area contributed by atoms with Gasteiger partial charge < -0.3 is 16.3 Å². The van der Waals surface area contributed by atoms with Crippen molar-refractivity contribution < 1.29 is 10.0 Å². The van der Waals surface area contributed by atoms with Gasteiger partial charge in [0, 0.05) is 6.04 Å². The third kappa shape index (κ3) is 4.11. The lowest BCUT2D eigenvalue weighted by molar-refractivity contribution is -0.129. The molecule has 0 saturated heterocycles. The van der Waals surface area contributed by atoms with Crippen LogP contribution in [-0.2, 0) is 4.79 Å². The van der Waals surface area contributed by atoms with E-state index in [2.05, 4.69) is 24.3 Å². The molecule has 1 saturated carbocycles. The highest BCUT2D eigenvalue weighted by Gasteiger charge is 2.43.